The van der Waals surface area contributed by atoms with Crippen molar-refractivity contribution < 1.29 is 8.83 Å². The molecule has 0 aliphatic rings. The Morgan fingerprint density at radius 1 is 0.304 bits per heavy atom. The van der Waals surface area contributed by atoms with Crippen LogP contribution in [0.2, 0.25) is 0 Å². The lowest BCUT2D eigenvalue weighted by Gasteiger charge is -2.18. The molecule has 0 saturated heterocycles. The Morgan fingerprint density at radius 3 is 1.52 bits per heavy atom. The minimum atomic E-state index is 0.885. The van der Waals surface area contributed by atoms with Crippen LogP contribution in [0.15, 0.2) is 167 Å². The maximum Gasteiger partial charge on any atom is 0.143 e. The van der Waals surface area contributed by atoms with Crippen LogP contribution in [0.25, 0.3) is 98.8 Å². The van der Waals surface area contributed by atoms with Crippen molar-refractivity contribution in [2.45, 2.75) is 0 Å². The van der Waals surface area contributed by atoms with E-state index >= 15 is 0 Å². The lowest BCUT2D eigenvalue weighted by molar-refractivity contribution is 0.668. The fourth-order valence-electron chi connectivity index (χ4n) is 7.49. The van der Waals surface area contributed by atoms with Crippen molar-refractivity contribution in [2.75, 3.05) is 0 Å². The molecule has 8 aromatic carbocycles. The largest absolute Gasteiger partial charge is 0.456 e. The van der Waals surface area contributed by atoms with Crippen LogP contribution in [0.5, 0.6) is 0 Å². The Labute approximate surface area is 264 Å². The maximum absolute atomic E-state index is 6.77. The smallest absolute Gasteiger partial charge is 0.143 e. The van der Waals surface area contributed by atoms with Crippen molar-refractivity contribution in [1.29, 1.82) is 0 Å². The van der Waals surface area contributed by atoms with E-state index in [-0.39, 0.29) is 0 Å². The van der Waals surface area contributed by atoms with E-state index in [4.69, 9.17) is 8.83 Å². The Hall–Kier alpha value is -6.12. The minimum Gasteiger partial charge on any atom is -0.456 e. The van der Waals surface area contributed by atoms with Gasteiger partial charge in [-0.05, 0) is 79.7 Å². The van der Waals surface area contributed by atoms with Gasteiger partial charge in [0.15, 0.2) is 0 Å². The summed E-state index contributed by atoms with van der Waals surface area (Å²) in [5, 5.41) is 9.41. The molecule has 0 unspecified atom stereocenters. The van der Waals surface area contributed by atoms with E-state index in [0.29, 0.717) is 0 Å². The zero-order chi connectivity index (χ0) is 30.2. The normalized spacial score (nSPS) is 11.9. The standard InChI is InChI=1S/C44H26O2/c1-2-12-27(13-3-1)41-31-15-4-6-17-33(31)42(34-18-7-5-16-32(34)41)36-24-23-29(44-43(36)35-19-9-11-21-39(35)46-44)28-22-25-40-37(26-28)30-14-8-10-20-38(30)45-40/h1-26H. The predicted octanol–water partition coefficient (Wildman–Crippen LogP) is 12.8. The number of hydrogen-bond acceptors (Lipinski definition) is 2. The van der Waals surface area contributed by atoms with Gasteiger partial charge in [0.25, 0.3) is 0 Å². The van der Waals surface area contributed by atoms with Crippen LogP contribution >= 0.6 is 0 Å². The molecular formula is C44H26O2. The number of hydrogen-bond donors (Lipinski definition) is 0. The average Bonchev–Trinajstić information content (AvgIpc) is 3.69. The second kappa shape index (κ2) is 9.69. The fourth-order valence-corrected chi connectivity index (χ4v) is 7.49. The van der Waals surface area contributed by atoms with Gasteiger partial charge in [-0.2, -0.15) is 0 Å². The lowest BCUT2D eigenvalue weighted by atomic mass is 9.84. The molecule has 0 bridgehead atoms. The highest BCUT2D eigenvalue weighted by molar-refractivity contribution is 6.26. The number of benzene rings is 8. The van der Waals surface area contributed by atoms with Gasteiger partial charge < -0.3 is 8.83 Å². The SMILES string of the molecule is c1ccc(-c2c3ccccc3c(-c3ccc(-c4ccc5oc6ccccc6c5c4)c4oc5ccccc5c34)c3ccccc23)cc1. The quantitative estimate of drug-likeness (QED) is 0.193. The molecule has 10 rings (SSSR count). The zero-order valence-electron chi connectivity index (χ0n) is 24.8. The van der Waals surface area contributed by atoms with E-state index in [1.807, 2.05) is 18.2 Å². The molecule has 0 N–H and O–H groups in total. The highest BCUT2D eigenvalue weighted by Gasteiger charge is 2.22. The van der Waals surface area contributed by atoms with Gasteiger partial charge in [-0.15, -0.1) is 0 Å². The second-order valence-electron chi connectivity index (χ2n) is 12.0. The van der Waals surface area contributed by atoms with Gasteiger partial charge in [0.05, 0.1) is 0 Å². The Bertz CT molecular complexity index is 2740. The minimum absolute atomic E-state index is 0.885. The van der Waals surface area contributed by atoms with E-state index < -0.39 is 0 Å². The van der Waals surface area contributed by atoms with Crippen LogP contribution in [-0.4, -0.2) is 0 Å². The third kappa shape index (κ3) is 3.59. The van der Waals surface area contributed by atoms with E-state index in [2.05, 4.69) is 140 Å². The highest BCUT2D eigenvalue weighted by atomic mass is 16.3. The fraction of sp³-hybridized carbons (Fsp3) is 0. The summed E-state index contributed by atoms with van der Waals surface area (Å²) in [5.74, 6) is 0. The van der Waals surface area contributed by atoms with E-state index in [0.717, 1.165) is 55.0 Å². The molecule has 46 heavy (non-hydrogen) atoms. The Kier molecular flexibility index (Phi) is 5.31. The first-order chi connectivity index (χ1) is 22.8. The summed E-state index contributed by atoms with van der Waals surface area (Å²) in [4.78, 5) is 0. The number of rotatable bonds is 3. The summed E-state index contributed by atoms with van der Waals surface area (Å²) in [5.41, 5.74) is 10.6. The molecule has 2 heterocycles. The molecule has 0 radical (unpaired) electrons. The molecule has 2 aromatic heterocycles. The van der Waals surface area contributed by atoms with Gasteiger partial charge in [-0.25, -0.2) is 0 Å². The zero-order valence-corrected chi connectivity index (χ0v) is 24.8. The molecule has 0 aliphatic carbocycles. The van der Waals surface area contributed by atoms with Crippen molar-refractivity contribution in [3.05, 3.63) is 158 Å². The van der Waals surface area contributed by atoms with Crippen LogP contribution in [0.4, 0.5) is 0 Å². The van der Waals surface area contributed by atoms with Gasteiger partial charge >= 0.3 is 0 Å². The molecule has 0 atom stereocenters. The topological polar surface area (TPSA) is 26.3 Å². The summed E-state index contributed by atoms with van der Waals surface area (Å²) >= 11 is 0. The van der Waals surface area contributed by atoms with Crippen molar-refractivity contribution in [1.82, 2.24) is 0 Å². The van der Waals surface area contributed by atoms with Crippen LogP contribution < -0.4 is 0 Å². The van der Waals surface area contributed by atoms with Gasteiger partial charge in [-0.3, -0.25) is 0 Å². The third-order valence-corrected chi connectivity index (χ3v) is 9.48. The summed E-state index contributed by atoms with van der Waals surface area (Å²) < 4.78 is 12.9. The monoisotopic (exact) mass is 586 g/mol. The number of para-hydroxylation sites is 2. The first-order valence-electron chi connectivity index (χ1n) is 15.7. The first kappa shape index (κ1) is 25.2. The molecule has 0 spiro atoms. The van der Waals surface area contributed by atoms with Crippen LogP contribution in [0.3, 0.4) is 0 Å². The van der Waals surface area contributed by atoms with E-state index in [9.17, 15) is 0 Å². The lowest BCUT2D eigenvalue weighted by Crippen LogP contribution is -1.91. The van der Waals surface area contributed by atoms with Crippen molar-refractivity contribution in [3.8, 4) is 33.4 Å². The molecule has 10 aromatic rings. The molecule has 0 saturated carbocycles. The van der Waals surface area contributed by atoms with Crippen LogP contribution in [0.1, 0.15) is 0 Å². The first-order valence-corrected chi connectivity index (χ1v) is 15.7. The van der Waals surface area contributed by atoms with Crippen LogP contribution in [0, 0.1) is 0 Å². The molecular weight excluding hydrogens is 560 g/mol. The van der Waals surface area contributed by atoms with E-state index in [1.165, 1.54) is 43.8 Å². The summed E-state index contributed by atoms with van der Waals surface area (Å²) in [7, 11) is 0. The van der Waals surface area contributed by atoms with Gasteiger partial charge in [0.1, 0.15) is 22.3 Å². The molecule has 0 amide bonds. The summed E-state index contributed by atoms with van der Waals surface area (Å²) in [6.45, 7) is 0. The number of fused-ring (bicyclic) bond motifs is 8. The van der Waals surface area contributed by atoms with Crippen molar-refractivity contribution in [2.24, 2.45) is 0 Å². The summed E-state index contributed by atoms with van der Waals surface area (Å²) in [6, 6.07) is 56.0. The van der Waals surface area contributed by atoms with Crippen molar-refractivity contribution >= 4 is 65.4 Å². The number of furan rings is 2. The molecule has 214 valence electrons. The summed E-state index contributed by atoms with van der Waals surface area (Å²) in [6.07, 6.45) is 0. The molecule has 0 fully saturated rings. The highest BCUT2D eigenvalue weighted by Crippen LogP contribution is 2.48. The molecule has 0 aliphatic heterocycles. The molecule has 2 nitrogen and oxygen atoms in total. The second-order valence-corrected chi connectivity index (χ2v) is 12.0. The van der Waals surface area contributed by atoms with Gasteiger partial charge in [-0.1, -0.05) is 127 Å². The van der Waals surface area contributed by atoms with Crippen LogP contribution in [-0.2, 0) is 0 Å². The average molecular weight is 587 g/mol. The van der Waals surface area contributed by atoms with E-state index in [1.54, 1.807) is 0 Å². The van der Waals surface area contributed by atoms with Crippen molar-refractivity contribution in [3.63, 3.8) is 0 Å². The predicted molar refractivity (Wildman–Crippen MR) is 192 cm³/mol. The van der Waals surface area contributed by atoms with Gasteiger partial charge in [0, 0.05) is 27.1 Å². The third-order valence-electron chi connectivity index (χ3n) is 9.48. The Morgan fingerprint density at radius 2 is 0.826 bits per heavy atom. The Balaban J connectivity index is 1.32. The molecule has 2 heteroatoms. The maximum atomic E-state index is 6.77. The van der Waals surface area contributed by atoms with Gasteiger partial charge in [0.2, 0.25) is 0 Å².